The molecular formula is C15H28N2O4. The topological polar surface area (TPSA) is 89.9 Å². The first-order valence-electron chi connectivity index (χ1n) is 7.94. The number of nitrogens with one attached hydrogen (secondary N) is 1. The van der Waals surface area contributed by atoms with Crippen molar-refractivity contribution in [2.45, 2.75) is 64.5 Å². The van der Waals surface area contributed by atoms with Gasteiger partial charge < -0.3 is 20.4 Å². The molecule has 0 saturated heterocycles. The Morgan fingerprint density at radius 1 is 1.19 bits per heavy atom. The highest BCUT2D eigenvalue weighted by atomic mass is 16.4. The van der Waals surface area contributed by atoms with Gasteiger partial charge in [0.05, 0.1) is 12.5 Å². The zero-order chi connectivity index (χ0) is 15.8. The van der Waals surface area contributed by atoms with Crippen molar-refractivity contribution in [1.29, 1.82) is 0 Å². The van der Waals surface area contributed by atoms with Gasteiger partial charge in [-0.2, -0.15) is 0 Å². The van der Waals surface area contributed by atoms with Crippen molar-refractivity contribution in [3.8, 4) is 0 Å². The molecule has 2 amide bonds. The first-order valence-corrected chi connectivity index (χ1v) is 7.94. The molecule has 3 N–H and O–H groups in total. The number of aliphatic hydroxyl groups is 1. The van der Waals surface area contributed by atoms with Crippen molar-refractivity contribution >= 4 is 12.0 Å². The Morgan fingerprint density at radius 2 is 1.76 bits per heavy atom. The molecule has 122 valence electrons. The summed E-state index contributed by atoms with van der Waals surface area (Å²) in [6.07, 6.45) is 4.36. The highest BCUT2D eigenvalue weighted by Gasteiger charge is 2.28. The molecule has 0 aromatic rings. The Kier molecular flexibility index (Phi) is 7.50. The predicted octanol–water partition coefficient (Wildman–Crippen LogP) is 1.82. The van der Waals surface area contributed by atoms with E-state index in [-0.39, 0.29) is 30.6 Å². The van der Waals surface area contributed by atoms with E-state index >= 15 is 0 Å². The van der Waals surface area contributed by atoms with Gasteiger partial charge in [0.1, 0.15) is 0 Å². The molecule has 0 heterocycles. The molecule has 0 bridgehead atoms. The monoisotopic (exact) mass is 300 g/mol. The average molecular weight is 300 g/mol. The molecule has 0 radical (unpaired) electrons. The van der Waals surface area contributed by atoms with E-state index in [9.17, 15) is 9.59 Å². The van der Waals surface area contributed by atoms with E-state index in [1.807, 2.05) is 13.8 Å². The molecule has 1 aliphatic carbocycles. The van der Waals surface area contributed by atoms with Crippen LogP contribution in [0.5, 0.6) is 0 Å². The number of aliphatic carboxylic acids is 1. The number of carbonyl (C=O) groups is 2. The molecule has 0 aromatic carbocycles. The van der Waals surface area contributed by atoms with Crippen LogP contribution in [0.1, 0.15) is 52.4 Å². The fraction of sp³-hybridized carbons (Fsp3) is 0.867. The van der Waals surface area contributed by atoms with Gasteiger partial charge in [0.15, 0.2) is 0 Å². The Hall–Kier alpha value is -1.30. The van der Waals surface area contributed by atoms with Gasteiger partial charge in [0.2, 0.25) is 0 Å². The first kappa shape index (κ1) is 17.8. The molecule has 21 heavy (non-hydrogen) atoms. The summed E-state index contributed by atoms with van der Waals surface area (Å²) in [5.41, 5.74) is 0. The predicted molar refractivity (Wildman–Crippen MR) is 80.1 cm³/mol. The summed E-state index contributed by atoms with van der Waals surface area (Å²) in [7, 11) is 0. The van der Waals surface area contributed by atoms with Gasteiger partial charge in [0, 0.05) is 18.6 Å². The maximum Gasteiger partial charge on any atom is 0.317 e. The summed E-state index contributed by atoms with van der Waals surface area (Å²) in [4.78, 5) is 25.0. The molecule has 0 spiro atoms. The van der Waals surface area contributed by atoms with Crippen molar-refractivity contribution < 1.29 is 19.8 Å². The van der Waals surface area contributed by atoms with Crippen molar-refractivity contribution in [2.24, 2.45) is 5.92 Å². The number of rotatable bonds is 7. The van der Waals surface area contributed by atoms with Crippen LogP contribution < -0.4 is 5.32 Å². The number of carboxylic acid groups (broad SMARTS) is 1. The van der Waals surface area contributed by atoms with Crippen LogP contribution >= 0.6 is 0 Å². The van der Waals surface area contributed by atoms with Crippen LogP contribution in [0.25, 0.3) is 0 Å². The zero-order valence-electron chi connectivity index (χ0n) is 13.0. The summed E-state index contributed by atoms with van der Waals surface area (Å²) in [5, 5.41) is 21.1. The molecule has 1 saturated carbocycles. The molecule has 6 nitrogen and oxygen atoms in total. The number of carboxylic acids is 1. The number of urea groups is 1. The molecule has 1 aliphatic rings. The zero-order valence-corrected chi connectivity index (χ0v) is 13.0. The van der Waals surface area contributed by atoms with Crippen LogP contribution in [0.3, 0.4) is 0 Å². The van der Waals surface area contributed by atoms with Crippen molar-refractivity contribution in [1.82, 2.24) is 10.2 Å². The maximum absolute atomic E-state index is 12.4. The molecule has 0 unspecified atom stereocenters. The Labute approximate surface area is 126 Å². The number of amides is 2. The third kappa shape index (κ3) is 5.19. The fourth-order valence-corrected chi connectivity index (χ4v) is 3.03. The lowest BCUT2D eigenvalue weighted by Crippen LogP contribution is -2.50. The van der Waals surface area contributed by atoms with Gasteiger partial charge in [-0.3, -0.25) is 4.79 Å². The number of carbonyl (C=O) groups excluding carboxylic acids is 1. The van der Waals surface area contributed by atoms with E-state index in [1.165, 1.54) is 0 Å². The molecule has 0 aliphatic heterocycles. The molecule has 1 rings (SSSR count). The fourth-order valence-electron chi connectivity index (χ4n) is 3.03. The Balaban J connectivity index is 2.52. The van der Waals surface area contributed by atoms with E-state index in [0.717, 1.165) is 12.8 Å². The summed E-state index contributed by atoms with van der Waals surface area (Å²) >= 11 is 0. The highest BCUT2D eigenvalue weighted by molar-refractivity contribution is 5.75. The Bertz CT molecular complexity index is 337. The van der Waals surface area contributed by atoms with E-state index in [0.29, 0.717) is 32.2 Å². The van der Waals surface area contributed by atoms with Gasteiger partial charge in [-0.05, 0) is 38.5 Å². The normalized spacial score (nSPS) is 22.1. The molecule has 0 atom stereocenters. The third-order valence-electron chi connectivity index (χ3n) is 4.39. The van der Waals surface area contributed by atoms with E-state index in [2.05, 4.69) is 5.32 Å². The van der Waals surface area contributed by atoms with Crippen LogP contribution in [0.15, 0.2) is 0 Å². The molecule has 1 fully saturated rings. The van der Waals surface area contributed by atoms with Crippen LogP contribution in [0.4, 0.5) is 4.79 Å². The van der Waals surface area contributed by atoms with Gasteiger partial charge in [-0.1, -0.05) is 13.8 Å². The van der Waals surface area contributed by atoms with Crippen molar-refractivity contribution in [2.75, 3.05) is 13.2 Å². The van der Waals surface area contributed by atoms with Crippen LogP contribution in [-0.2, 0) is 4.79 Å². The third-order valence-corrected chi connectivity index (χ3v) is 4.39. The number of hydrogen-bond donors (Lipinski definition) is 3. The molecule has 6 heteroatoms. The molecular weight excluding hydrogens is 272 g/mol. The second-order valence-corrected chi connectivity index (χ2v) is 5.72. The second kappa shape index (κ2) is 8.87. The van der Waals surface area contributed by atoms with Crippen molar-refractivity contribution in [3.05, 3.63) is 0 Å². The lowest BCUT2D eigenvalue weighted by molar-refractivity contribution is -0.142. The van der Waals surface area contributed by atoms with E-state index < -0.39 is 5.97 Å². The SMILES string of the molecule is CCC(CC)N(CCO)C(=O)NC1CCC(C(=O)O)CC1. The van der Waals surface area contributed by atoms with Gasteiger partial charge in [-0.25, -0.2) is 4.79 Å². The minimum Gasteiger partial charge on any atom is -0.481 e. The van der Waals surface area contributed by atoms with Gasteiger partial charge in [0.25, 0.3) is 0 Å². The smallest absolute Gasteiger partial charge is 0.317 e. The van der Waals surface area contributed by atoms with Gasteiger partial charge in [-0.15, -0.1) is 0 Å². The van der Waals surface area contributed by atoms with Gasteiger partial charge >= 0.3 is 12.0 Å². The summed E-state index contributed by atoms with van der Waals surface area (Å²) in [5.74, 6) is -1.01. The van der Waals surface area contributed by atoms with Crippen molar-refractivity contribution in [3.63, 3.8) is 0 Å². The lowest BCUT2D eigenvalue weighted by atomic mass is 9.86. The standard InChI is InChI=1S/C15H28N2O4/c1-3-13(4-2)17(9-10-18)15(21)16-12-7-5-11(6-8-12)14(19)20/h11-13,18H,3-10H2,1-2H3,(H,16,21)(H,19,20). The summed E-state index contributed by atoms with van der Waals surface area (Å²) in [6.45, 7) is 4.35. The minimum absolute atomic E-state index is 0.0451. The van der Waals surface area contributed by atoms with Crippen LogP contribution in [-0.4, -0.2) is 52.3 Å². The van der Waals surface area contributed by atoms with E-state index in [1.54, 1.807) is 4.90 Å². The maximum atomic E-state index is 12.4. The minimum atomic E-state index is -0.737. The quantitative estimate of drug-likeness (QED) is 0.669. The number of nitrogens with zero attached hydrogens (tertiary/aromatic N) is 1. The Morgan fingerprint density at radius 3 is 2.19 bits per heavy atom. The number of hydrogen-bond acceptors (Lipinski definition) is 3. The second-order valence-electron chi connectivity index (χ2n) is 5.72. The van der Waals surface area contributed by atoms with E-state index in [4.69, 9.17) is 10.2 Å². The summed E-state index contributed by atoms with van der Waals surface area (Å²) < 4.78 is 0. The number of aliphatic hydroxyl groups excluding tert-OH is 1. The van der Waals surface area contributed by atoms with Crippen LogP contribution in [0, 0.1) is 5.92 Å². The average Bonchev–Trinajstić information content (AvgIpc) is 2.48. The largest absolute Gasteiger partial charge is 0.481 e. The molecule has 0 aromatic heterocycles. The highest BCUT2D eigenvalue weighted by Crippen LogP contribution is 2.24. The first-order chi connectivity index (χ1) is 10.0. The lowest BCUT2D eigenvalue weighted by Gasteiger charge is -2.33. The summed E-state index contributed by atoms with van der Waals surface area (Å²) in [6, 6.07) is 0.0349. The van der Waals surface area contributed by atoms with Crippen LogP contribution in [0.2, 0.25) is 0 Å².